The van der Waals surface area contributed by atoms with Gasteiger partial charge in [0.15, 0.2) is 0 Å². The molecule has 0 spiro atoms. The van der Waals surface area contributed by atoms with Crippen molar-refractivity contribution in [3.63, 3.8) is 0 Å². The Balaban J connectivity index is 2.16. The molecule has 1 aromatic rings. The van der Waals surface area contributed by atoms with Gasteiger partial charge >= 0.3 is 0 Å². The highest BCUT2D eigenvalue weighted by atomic mass is 35.5. The van der Waals surface area contributed by atoms with Crippen molar-refractivity contribution in [2.75, 3.05) is 38.8 Å². The number of aromatic nitrogens is 2. The van der Waals surface area contributed by atoms with Crippen LogP contribution in [0.25, 0.3) is 0 Å². The first-order valence-corrected chi connectivity index (χ1v) is 5.91. The lowest BCUT2D eigenvalue weighted by molar-refractivity contribution is 0.0705. The standard InChI is InChI=1S/C11H18ClN3O2/c1-9-10(12)14-8-15-11(9)13-4-3-5-17-7-6-16-2/h8H,3-7H2,1-2H3,(H,13,14,15). The summed E-state index contributed by atoms with van der Waals surface area (Å²) in [6.07, 6.45) is 2.36. The number of nitrogens with one attached hydrogen (secondary N) is 1. The average molecular weight is 260 g/mol. The van der Waals surface area contributed by atoms with Gasteiger partial charge in [-0.2, -0.15) is 0 Å². The molecule has 0 saturated carbocycles. The third kappa shape index (κ3) is 5.30. The number of hydrogen-bond donors (Lipinski definition) is 1. The maximum absolute atomic E-state index is 5.88. The number of halogens is 1. The number of nitrogens with zero attached hydrogens (tertiary/aromatic N) is 2. The fourth-order valence-electron chi connectivity index (χ4n) is 1.23. The van der Waals surface area contributed by atoms with E-state index in [1.165, 1.54) is 6.33 Å². The van der Waals surface area contributed by atoms with Crippen molar-refractivity contribution in [1.82, 2.24) is 9.97 Å². The second-order valence-electron chi connectivity index (χ2n) is 3.52. The van der Waals surface area contributed by atoms with Crippen molar-refractivity contribution in [3.05, 3.63) is 17.0 Å². The predicted octanol–water partition coefficient (Wildman–Crippen LogP) is 1.90. The zero-order valence-corrected chi connectivity index (χ0v) is 11.0. The van der Waals surface area contributed by atoms with Gasteiger partial charge in [-0.25, -0.2) is 9.97 Å². The van der Waals surface area contributed by atoms with E-state index in [4.69, 9.17) is 21.1 Å². The van der Waals surface area contributed by atoms with Gasteiger partial charge in [0.05, 0.1) is 13.2 Å². The van der Waals surface area contributed by atoms with Crippen LogP contribution in [0.15, 0.2) is 6.33 Å². The van der Waals surface area contributed by atoms with Crippen molar-refractivity contribution in [2.45, 2.75) is 13.3 Å². The van der Waals surface area contributed by atoms with Crippen LogP contribution < -0.4 is 5.32 Å². The van der Waals surface area contributed by atoms with Gasteiger partial charge in [0.25, 0.3) is 0 Å². The van der Waals surface area contributed by atoms with E-state index in [0.29, 0.717) is 25.0 Å². The molecule has 0 aromatic carbocycles. The molecule has 5 nitrogen and oxygen atoms in total. The molecule has 0 amide bonds. The number of anilines is 1. The van der Waals surface area contributed by atoms with Crippen LogP contribution in [0.2, 0.25) is 5.15 Å². The molecule has 1 heterocycles. The second kappa shape index (κ2) is 8.22. The van der Waals surface area contributed by atoms with Gasteiger partial charge in [0.2, 0.25) is 0 Å². The average Bonchev–Trinajstić information content (AvgIpc) is 2.33. The smallest absolute Gasteiger partial charge is 0.137 e. The van der Waals surface area contributed by atoms with Crippen molar-refractivity contribution < 1.29 is 9.47 Å². The van der Waals surface area contributed by atoms with E-state index in [9.17, 15) is 0 Å². The van der Waals surface area contributed by atoms with Gasteiger partial charge in [-0.3, -0.25) is 0 Å². The van der Waals surface area contributed by atoms with Crippen molar-refractivity contribution in [3.8, 4) is 0 Å². The fourth-order valence-corrected chi connectivity index (χ4v) is 1.37. The first kappa shape index (κ1) is 14.2. The highest BCUT2D eigenvalue weighted by Crippen LogP contribution is 2.17. The predicted molar refractivity (Wildman–Crippen MR) is 67.6 cm³/mol. The van der Waals surface area contributed by atoms with E-state index < -0.39 is 0 Å². The maximum Gasteiger partial charge on any atom is 0.137 e. The topological polar surface area (TPSA) is 56.3 Å². The van der Waals surface area contributed by atoms with E-state index >= 15 is 0 Å². The quantitative estimate of drug-likeness (QED) is 0.571. The zero-order valence-electron chi connectivity index (χ0n) is 10.2. The minimum Gasteiger partial charge on any atom is -0.382 e. The number of hydrogen-bond acceptors (Lipinski definition) is 5. The fraction of sp³-hybridized carbons (Fsp3) is 0.636. The van der Waals surface area contributed by atoms with Crippen LogP contribution >= 0.6 is 11.6 Å². The molecular formula is C11H18ClN3O2. The van der Waals surface area contributed by atoms with Gasteiger partial charge in [0, 0.05) is 25.8 Å². The molecule has 0 atom stereocenters. The number of rotatable bonds is 8. The van der Waals surface area contributed by atoms with Gasteiger partial charge in [-0.05, 0) is 13.3 Å². The highest BCUT2D eigenvalue weighted by molar-refractivity contribution is 6.30. The summed E-state index contributed by atoms with van der Waals surface area (Å²) in [5.41, 5.74) is 0.870. The summed E-state index contributed by atoms with van der Waals surface area (Å²) >= 11 is 5.88. The summed E-state index contributed by atoms with van der Waals surface area (Å²) in [7, 11) is 1.66. The third-order valence-corrected chi connectivity index (χ3v) is 2.59. The minimum absolute atomic E-state index is 0.485. The van der Waals surface area contributed by atoms with Crippen molar-refractivity contribution >= 4 is 17.4 Å². The van der Waals surface area contributed by atoms with Gasteiger partial charge < -0.3 is 14.8 Å². The summed E-state index contributed by atoms with van der Waals surface area (Å²) in [6.45, 7) is 4.65. The molecule has 0 aliphatic carbocycles. The van der Waals surface area contributed by atoms with Crippen LogP contribution in [0.5, 0.6) is 0 Å². The van der Waals surface area contributed by atoms with Gasteiger partial charge in [-0.1, -0.05) is 11.6 Å². The summed E-state index contributed by atoms with van der Waals surface area (Å²) in [5, 5.41) is 3.68. The van der Waals surface area contributed by atoms with Crippen LogP contribution in [0.3, 0.4) is 0 Å². The molecule has 0 radical (unpaired) electrons. The molecule has 0 unspecified atom stereocenters. The third-order valence-electron chi connectivity index (χ3n) is 2.21. The normalized spacial score (nSPS) is 10.5. The molecule has 0 aliphatic rings. The van der Waals surface area contributed by atoms with Crippen LogP contribution in [-0.4, -0.2) is 43.4 Å². The molecule has 1 rings (SSSR count). The molecule has 1 aromatic heterocycles. The van der Waals surface area contributed by atoms with Crippen LogP contribution in [-0.2, 0) is 9.47 Å². The van der Waals surface area contributed by atoms with Crippen molar-refractivity contribution in [1.29, 1.82) is 0 Å². The summed E-state index contributed by atoms with van der Waals surface area (Å²) in [4.78, 5) is 8.01. The Morgan fingerprint density at radius 3 is 2.88 bits per heavy atom. The Morgan fingerprint density at radius 1 is 1.29 bits per heavy atom. The lowest BCUT2D eigenvalue weighted by Crippen LogP contribution is -2.10. The van der Waals surface area contributed by atoms with Gasteiger partial charge in [0.1, 0.15) is 17.3 Å². The molecule has 17 heavy (non-hydrogen) atoms. The van der Waals surface area contributed by atoms with Crippen molar-refractivity contribution in [2.24, 2.45) is 0 Å². The molecule has 0 fully saturated rings. The minimum atomic E-state index is 0.485. The van der Waals surface area contributed by atoms with E-state index in [1.54, 1.807) is 7.11 Å². The maximum atomic E-state index is 5.88. The second-order valence-corrected chi connectivity index (χ2v) is 3.88. The van der Waals surface area contributed by atoms with Gasteiger partial charge in [-0.15, -0.1) is 0 Å². The summed E-state index contributed by atoms with van der Waals surface area (Å²) in [6, 6.07) is 0. The Kier molecular flexibility index (Phi) is 6.84. The Bertz CT molecular complexity index is 336. The first-order chi connectivity index (χ1) is 8.25. The van der Waals surface area contributed by atoms with E-state index in [0.717, 1.165) is 24.3 Å². The van der Waals surface area contributed by atoms with E-state index in [-0.39, 0.29) is 0 Å². The van der Waals surface area contributed by atoms with E-state index in [1.807, 2.05) is 6.92 Å². The van der Waals surface area contributed by atoms with Crippen LogP contribution in [0, 0.1) is 6.92 Å². The summed E-state index contributed by atoms with van der Waals surface area (Å²) in [5.74, 6) is 0.780. The largest absolute Gasteiger partial charge is 0.382 e. The Hall–Kier alpha value is -0.910. The lowest BCUT2D eigenvalue weighted by Gasteiger charge is -2.08. The number of methoxy groups -OCH3 is 1. The zero-order chi connectivity index (χ0) is 12.5. The van der Waals surface area contributed by atoms with Crippen LogP contribution in [0.1, 0.15) is 12.0 Å². The summed E-state index contributed by atoms with van der Waals surface area (Å²) < 4.78 is 10.2. The molecular weight excluding hydrogens is 242 g/mol. The molecule has 6 heteroatoms. The van der Waals surface area contributed by atoms with Crippen LogP contribution in [0.4, 0.5) is 5.82 Å². The highest BCUT2D eigenvalue weighted by Gasteiger charge is 2.03. The molecule has 0 saturated heterocycles. The molecule has 0 bridgehead atoms. The Morgan fingerprint density at radius 2 is 2.12 bits per heavy atom. The first-order valence-electron chi connectivity index (χ1n) is 5.53. The number of ether oxygens (including phenoxy) is 2. The Labute approximate surface area is 107 Å². The van der Waals surface area contributed by atoms with E-state index in [2.05, 4.69) is 15.3 Å². The molecule has 0 aliphatic heterocycles. The monoisotopic (exact) mass is 259 g/mol. The SMILES string of the molecule is COCCOCCCNc1ncnc(Cl)c1C. The molecule has 96 valence electrons. The molecule has 1 N–H and O–H groups in total. The lowest BCUT2D eigenvalue weighted by atomic mass is 10.3.